The molecule has 0 aromatic carbocycles. The van der Waals surface area contributed by atoms with Gasteiger partial charge in [-0.1, -0.05) is 0 Å². The molecule has 1 aromatic heterocycles. The van der Waals surface area contributed by atoms with Gasteiger partial charge >= 0.3 is 12.0 Å². The number of rotatable bonds is 6. The van der Waals surface area contributed by atoms with E-state index in [0.717, 1.165) is 0 Å². The number of aromatic nitrogens is 3. The second-order valence-electron chi connectivity index (χ2n) is 3.14. The van der Waals surface area contributed by atoms with Crippen molar-refractivity contribution in [2.75, 3.05) is 13.1 Å². The van der Waals surface area contributed by atoms with Crippen LogP contribution in [0.4, 0.5) is 4.79 Å². The first kappa shape index (κ1) is 13.4. The van der Waals surface area contributed by atoms with Crippen LogP contribution in [0.25, 0.3) is 0 Å². The maximum Gasteiger partial charge on any atom is 0.322 e. The van der Waals surface area contributed by atoms with E-state index in [1.807, 2.05) is 0 Å². The molecule has 0 saturated carbocycles. The highest BCUT2D eigenvalue weighted by atomic mass is 16.4. The Labute approximate surface area is 101 Å². The van der Waals surface area contributed by atoms with E-state index in [2.05, 4.69) is 31.1 Å². The molecule has 1 aromatic rings. The lowest BCUT2D eigenvalue weighted by Crippen LogP contribution is -2.42. The molecule has 0 aliphatic carbocycles. The molecule has 0 radical (unpaired) electrons. The summed E-state index contributed by atoms with van der Waals surface area (Å²) in [5.74, 6) is -1.27. The second-order valence-corrected chi connectivity index (χ2v) is 3.14. The van der Waals surface area contributed by atoms with Gasteiger partial charge in [-0.3, -0.25) is 14.7 Å². The first-order valence-electron chi connectivity index (χ1n) is 4.92. The number of nitrogens with zero attached hydrogens (tertiary/aromatic N) is 2. The van der Waals surface area contributed by atoms with Gasteiger partial charge < -0.3 is 21.1 Å². The van der Waals surface area contributed by atoms with Crippen LogP contribution in [0.3, 0.4) is 0 Å². The van der Waals surface area contributed by atoms with Crippen molar-refractivity contribution in [1.82, 2.24) is 31.1 Å². The number of carboxylic acids is 1. The van der Waals surface area contributed by atoms with Crippen LogP contribution >= 0.6 is 0 Å². The summed E-state index contributed by atoms with van der Waals surface area (Å²) in [4.78, 5) is 36.2. The van der Waals surface area contributed by atoms with Crippen molar-refractivity contribution < 1.29 is 19.5 Å². The average Bonchev–Trinajstić information content (AvgIpc) is 2.84. The maximum absolute atomic E-state index is 11.2. The van der Waals surface area contributed by atoms with Crippen molar-refractivity contribution in [3.63, 3.8) is 0 Å². The highest BCUT2D eigenvalue weighted by molar-refractivity contribution is 5.86. The van der Waals surface area contributed by atoms with E-state index in [4.69, 9.17) is 5.11 Å². The molecule has 0 bridgehead atoms. The van der Waals surface area contributed by atoms with Crippen molar-refractivity contribution in [2.24, 2.45) is 0 Å². The predicted molar refractivity (Wildman–Crippen MR) is 57.3 cm³/mol. The Hall–Kier alpha value is -2.65. The van der Waals surface area contributed by atoms with E-state index in [9.17, 15) is 14.4 Å². The number of hydrogen-bond donors (Lipinski definition) is 5. The lowest BCUT2D eigenvalue weighted by molar-refractivity contribution is -0.137. The van der Waals surface area contributed by atoms with Crippen molar-refractivity contribution in [3.8, 4) is 0 Å². The number of aliphatic carboxylic acids is 1. The Kier molecular flexibility index (Phi) is 5.09. The summed E-state index contributed by atoms with van der Waals surface area (Å²) in [6.45, 7) is -0.654. The molecule has 0 aliphatic heterocycles. The van der Waals surface area contributed by atoms with Gasteiger partial charge in [0.05, 0.1) is 13.1 Å². The predicted octanol–water partition coefficient (Wildman–Crippen LogP) is -2.20. The fraction of sp³-hybridized carbons (Fsp3) is 0.375. The zero-order valence-electron chi connectivity index (χ0n) is 9.27. The molecule has 0 saturated heterocycles. The number of carbonyl (C=O) groups excluding carboxylic acids is 2. The van der Waals surface area contributed by atoms with E-state index in [1.165, 1.54) is 6.33 Å². The number of urea groups is 1. The van der Waals surface area contributed by atoms with E-state index >= 15 is 0 Å². The molecule has 10 nitrogen and oxygen atoms in total. The van der Waals surface area contributed by atoms with Crippen molar-refractivity contribution in [3.05, 3.63) is 12.2 Å². The summed E-state index contributed by atoms with van der Waals surface area (Å²) in [5.41, 5.74) is 0. The summed E-state index contributed by atoms with van der Waals surface area (Å²) in [6.07, 6.45) is 1.30. The Bertz CT molecular complexity index is 417. The van der Waals surface area contributed by atoms with E-state index < -0.39 is 24.5 Å². The summed E-state index contributed by atoms with van der Waals surface area (Å²) >= 11 is 0. The minimum absolute atomic E-state index is 0.141. The number of aromatic amines is 1. The quantitative estimate of drug-likeness (QED) is 0.390. The normalized spacial score (nSPS) is 9.56. The van der Waals surface area contributed by atoms with E-state index in [-0.39, 0.29) is 13.1 Å². The van der Waals surface area contributed by atoms with Crippen LogP contribution in [0.1, 0.15) is 5.82 Å². The minimum atomic E-state index is -1.15. The Balaban J connectivity index is 2.13. The highest BCUT2D eigenvalue weighted by Crippen LogP contribution is 1.82. The van der Waals surface area contributed by atoms with E-state index in [0.29, 0.717) is 5.82 Å². The monoisotopic (exact) mass is 256 g/mol. The number of H-pyrrole nitrogens is 1. The fourth-order valence-electron chi connectivity index (χ4n) is 0.940. The number of carboxylic acid groups (broad SMARTS) is 1. The van der Waals surface area contributed by atoms with E-state index in [1.54, 1.807) is 0 Å². The van der Waals surface area contributed by atoms with Crippen molar-refractivity contribution in [2.45, 2.75) is 6.54 Å². The Morgan fingerprint density at radius 3 is 2.61 bits per heavy atom. The molecule has 0 fully saturated rings. The minimum Gasteiger partial charge on any atom is -0.480 e. The number of hydrogen-bond acceptors (Lipinski definition) is 5. The largest absolute Gasteiger partial charge is 0.480 e. The maximum atomic E-state index is 11.2. The van der Waals surface area contributed by atoms with Crippen LogP contribution in [0.2, 0.25) is 0 Å². The molecule has 18 heavy (non-hydrogen) atoms. The van der Waals surface area contributed by atoms with Gasteiger partial charge in [-0.2, -0.15) is 5.10 Å². The van der Waals surface area contributed by atoms with Gasteiger partial charge in [0.2, 0.25) is 5.91 Å². The summed E-state index contributed by atoms with van der Waals surface area (Å²) < 4.78 is 0. The third-order valence-corrected chi connectivity index (χ3v) is 1.73. The number of nitrogens with one attached hydrogen (secondary N) is 4. The first-order valence-corrected chi connectivity index (χ1v) is 4.92. The number of carbonyl (C=O) groups is 3. The smallest absolute Gasteiger partial charge is 0.322 e. The molecule has 0 atom stereocenters. The lowest BCUT2D eigenvalue weighted by Gasteiger charge is -2.06. The Morgan fingerprint density at radius 2 is 2.00 bits per heavy atom. The van der Waals surface area contributed by atoms with Crippen LogP contribution in [0.5, 0.6) is 0 Å². The molecule has 98 valence electrons. The summed E-state index contributed by atoms with van der Waals surface area (Å²) in [7, 11) is 0. The first-order chi connectivity index (χ1) is 8.58. The molecule has 0 aliphatic rings. The van der Waals surface area contributed by atoms with Crippen molar-refractivity contribution in [1.29, 1.82) is 0 Å². The average molecular weight is 256 g/mol. The zero-order chi connectivity index (χ0) is 13.4. The third kappa shape index (κ3) is 5.44. The van der Waals surface area contributed by atoms with Gasteiger partial charge in [-0.15, -0.1) is 0 Å². The fourth-order valence-corrected chi connectivity index (χ4v) is 0.940. The number of amides is 3. The second kappa shape index (κ2) is 6.83. The molecule has 5 N–H and O–H groups in total. The zero-order valence-corrected chi connectivity index (χ0v) is 9.27. The van der Waals surface area contributed by atoms with Gasteiger partial charge in [0, 0.05) is 0 Å². The van der Waals surface area contributed by atoms with Gasteiger partial charge in [0.25, 0.3) is 0 Å². The molecule has 10 heteroatoms. The van der Waals surface area contributed by atoms with Crippen LogP contribution < -0.4 is 16.0 Å². The lowest BCUT2D eigenvalue weighted by atomic mass is 10.5. The van der Waals surface area contributed by atoms with Crippen LogP contribution in [-0.2, 0) is 16.1 Å². The topological polar surface area (TPSA) is 149 Å². The van der Waals surface area contributed by atoms with Crippen LogP contribution in [-0.4, -0.2) is 51.3 Å². The van der Waals surface area contributed by atoms with Crippen LogP contribution in [0.15, 0.2) is 6.33 Å². The standard InChI is InChI=1S/C8H12N6O4/c15-6(9-3-7(16)17)2-11-8(18)10-1-5-12-4-13-14-5/h4H,1-3H2,(H,9,15)(H,16,17)(H2,10,11,18)(H,12,13,14). The molecular weight excluding hydrogens is 244 g/mol. The Morgan fingerprint density at radius 1 is 1.22 bits per heavy atom. The highest BCUT2D eigenvalue weighted by Gasteiger charge is 2.06. The van der Waals surface area contributed by atoms with Gasteiger partial charge in [0.15, 0.2) is 0 Å². The summed E-state index contributed by atoms with van der Waals surface area (Å²) in [6, 6.07) is -0.572. The third-order valence-electron chi connectivity index (χ3n) is 1.73. The summed E-state index contributed by atoms with van der Waals surface area (Å²) in [5, 5.41) is 21.2. The molecule has 0 spiro atoms. The SMILES string of the molecule is O=C(O)CNC(=O)CNC(=O)NCc1ncn[nH]1. The molecule has 1 heterocycles. The van der Waals surface area contributed by atoms with Crippen molar-refractivity contribution >= 4 is 17.9 Å². The molecular formula is C8H12N6O4. The molecule has 3 amide bonds. The molecule has 0 unspecified atom stereocenters. The van der Waals surface area contributed by atoms with Gasteiger partial charge in [-0.05, 0) is 0 Å². The van der Waals surface area contributed by atoms with Gasteiger partial charge in [0.1, 0.15) is 18.7 Å². The van der Waals surface area contributed by atoms with Gasteiger partial charge in [-0.25, -0.2) is 9.78 Å². The van der Waals surface area contributed by atoms with Crippen LogP contribution in [0, 0.1) is 0 Å². The molecule has 1 rings (SSSR count).